The summed E-state index contributed by atoms with van der Waals surface area (Å²) in [6.07, 6.45) is 2.01. The number of esters is 1. The summed E-state index contributed by atoms with van der Waals surface area (Å²) in [5.41, 5.74) is 2.05. The summed E-state index contributed by atoms with van der Waals surface area (Å²) in [4.78, 5) is 11.5. The Hall–Kier alpha value is -2.21. The third-order valence-corrected chi connectivity index (χ3v) is 8.79. The molecule has 0 aliphatic carbocycles. The standard InChI is InChI=1S/C20H26O4Si/c1-20(2,3)25(5,6)24-11-7-8-16-12-17(9-10-21)14-18(13-16)15-19(22)23-4/h12-14,21H,11,15H2,1-6H3. The molecule has 0 bridgehead atoms. The molecular formula is C20H26O4Si. The van der Waals surface area contributed by atoms with Crippen LogP contribution >= 0.6 is 0 Å². The first-order valence-electron chi connectivity index (χ1n) is 8.08. The highest BCUT2D eigenvalue weighted by Crippen LogP contribution is 2.36. The van der Waals surface area contributed by atoms with Gasteiger partial charge in [-0.2, -0.15) is 0 Å². The lowest BCUT2D eigenvalue weighted by molar-refractivity contribution is -0.139. The van der Waals surface area contributed by atoms with Crippen LogP contribution in [0, 0.1) is 23.9 Å². The average molecular weight is 359 g/mol. The number of aliphatic hydroxyl groups excluding tert-OH is 1. The molecule has 5 heteroatoms. The summed E-state index contributed by atoms with van der Waals surface area (Å²) >= 11 is 0. The van der Waals surface area contributed by atoms with Gasteiger partial charge in [-0.05, 0) is 47.8 Å². The summed E-state index contributed by atoms with van der Waals surface area (Å²) in [5, 5.41) is 8.94. The Morgan fingerprint density at radius 3 is 2.28 bits per heavy atom. The third-order valence-electron chi connectivity index (χ3n) is 4.31. The van der Waals surface area contributed by atoms with Gasteiger partial charge in [0.25, 0.3) is 0 Å². The Bertz CT molecular complexity index is 737. The molecule has 0 amide bonds. The molecule has 0 spiro atoms. The van der Waals surface area contributed by atoms with Gasteiger partial charge in [-0.25, -0.2) is 0 Å². The maximum Gasteiger partial charge on any atom is 0.309 e. The highest BCUT2D eigenvalue weighted by molar-refractivity contribution is 6.74. The number of methoxy groups -OCH3 is 1. The average Bonchev–Trinajstić information content (AvgIpc) is 2.50. The Balaban J connectivity index is 2.94. The molecule has 1 aromatic carbocycles. The van der Waals surface area contributed by atoms with Crippen LogP contribution in [0.1, 0.15) is 37.5 Å². The lowest BCUT2D eigenvalue weighted by atomic mass is 10.0. The third kappa shape index (κ3) is 6.66. The maximum atomic E-state index is 11.5. The first-order chi connectivity index (χ1) is 11.6. The van der Waals surface area contributed by atoms with Gasteiger partial charge in [0.05, 0.1) is 20.1 Å². The van der Waals surface area contributed by atoms with Crippen LogP contribution in [0.5, 0.6) is 0 Å². The number of aliphatic hydroxyl groups is 1. The van der Waals surface area contributed by atoms with Crippen LogP contribution in [0.3, 0.4) is 0 Å². The summed E-state index contributed by atoms with van der Waals surface area (Å²) in [6, 6.07) is 5.32. The molecule has 0 unspecified atom stereocenters. The molecule has 0 fully saturated rings. The van der Waals surface area contributed by atoms with Crippen molar-refractivity contribution in [1.82, 2.24) is 0 Å². The van der Waals surface area contributed by atoms with Crippen LogP contribution in [0.4, 0.5) is 0 Å². The van der Waals surface area contributed by atoms with Gasteiger partial charge in [0, 0.05) is 11.1 Å². The topological polar surface area (TPSA) is 55.8 Å². The van der Waals surface area contributed by atoms with Crippen molar-refractivity contribution in [3.8, 4) is 23.9 Å². The molecule has 0 aliphatic rings. The summed E-state index contributed by atoms with van der Waals surface area (Å²) < 4.78 is 10.7. The molecule has 0 radical (unpaired) electrons. The van der Waals surface area contributed by atoms with E-state index in [0.29, 0.717) is 12.2 Å². The molecule has 25 heavy (non-hydrogen) atoms. The van der Waals surface area contributed by atoms with E-state index in [0.717, 1.165) is 11.1 Å². The second kappa shape index (κ2) is 8.76. The maximum absolute atomic E-state index is 11.5. The van der Waals surface area contributed by atoms with E-state index in [4.69, 9.17) is 9.53 Å². The monoisotopic (exact) mass is 358 g/mol. The number of ether oxygens (including phenoxy) is 1. The SMILES string of the molecule is COC(=O)Cc1cc(C#CO)cc(C#CCO[Si](C)(C)C(C)(C)C)c1. The molecule has 0 atom stereocenters. The van der Waals surface area contributed by atoms with Crippen LogP contribution < -0.4 is 0 Å². The molecule has 0 saturated heterocycles. The fourth-order valence-electron chi connectivity index (χ4n) is 1.81. The number of carbonyl (C=O) groups is 1. The fraction of sp³-hybridized carbons (Fsp3) is 0.450. The van der Waals surface area contributed by atoms with Crippen molar-refractivity contribution in [2.75, 3.05) is 13.7 Å². The van der Waals surface area contributed by atoms with Crippen LogP contribution in [-0.2, 0) is 20.4 Å². The molecule has 0 heterocycles. The largest absolute Gasteiger partial charge is 0.469 e. The molecule has 1 aromatic rings. The zero-order chi connectivity index (χ0) is 19.1. The van der Waals surface area contributed by atoms with Crippen molar-refractivity contribution in [2.45, 2.75) is 45.3 Å². The van der Waals surface area contributed by atoms with Crippen molar-refractivity contribution in [3.05, 3.63) is 34.9 Å². The van der Waals surface area contributed by atoms with Gasteiger partial charge in [-0.1, -0.05) is 32.6 Å². The smallest absolute Gasteiger partial charge is 0.309 e. The highest BCUT2D eigenvalue weighted by atomic mass is 28.4. The zero-order valence-corrected chi connectivity index (χ0v) is 16.8. The lowest BCUT2D eigenvalue weighted by Gasteiger charge is -2.35. The minimum atomic E-state index is -1.82. The van der Waals surface area contributed by atoms with E-state index in [-0.39, 0.29) is 17.4 Å². The van der Waals surface area contributed by atoms with Crippen LogP contribution in [-0.4, -0.2) is 33.1 Å². The number of carbonyl (C=O) groups excluding carboxylic acids is 1. The minimum absolute atomic E-state index is 0.132. The molecule has 4 nitrogen and oxygen atoms in total. The Labute approximate surface area is 151 Å². The Kier molecular flexibility index (Phi) is 7.30. The van der Waals surface area contributed by atoms with E-state index in [9.17, 15) is 4.79 Å². The molecule has 1 rings (SSSR count). The summed E-state index contributed by atoms with van der Waals surface area (Å²) in [5.74, 6) is 8.31. The van der Waals surface area contributed by atoms with Crippen molar-refractivity contribution >= 4 is 14.3 Å². The van der Waals surface area contributed by atoms with Crippen LogP contribution in [0.15, 0.2) is 18.2 Å². The van der Waals surface area contributed by atoms with Crippen molar-refractivity contribution in [3.63, 3.8) is 0 Å². The summed E-state index contributed by atoms with van der Waals surface area (Å²) in [7, 11) is -0.478. The number of rotatable bonds is 4. The van der Waals surface area contributed by atoms with E-state index in [1.807, 2.05) is 12.2 Å². The van der Waals surface area contributed by atoms with Crippen LogP contribution in [0.2, 0.25) is 18.1 Å². The van der Waals surface area contributed by atoms with Crippen molar-refractivity contribution < 1.29 is 19.1 Å². The Morgan fingerprint density at radius 1 is 1.16 bits per heavy atom. The van der Waals surface area contributed by atoms with Gasteiger partial charge in [0.15, 0.2) is 8.32 Å². The van der Waals surface area contributed by atoms with Gasteiger partial charge >= 0.3 is 5.97 Å². The molecule has 0 aromatic heterocycles. The van der Waals surface area contributed by atoms with Gasteiger partial charge in [-0.3, -0.25) is 4.79 Å². The quantitative estimate of drug-likeness (QED) is 0.509. The first kappa shape index (κ1) is 20.8. The molecule has 0 aliphatic heterocycles. The first-order valence-corrected chi connectivity index (χ1v) is 11.0. The van der Waals surface area contributed by atoms with Crippen molar-refractivity contribution in [2.24, 2.45) is 0 Å². The van der Waals surface area contributed by atoms with Gasteiger partial charge < -0.3 is 14.3 Å². The number of benzene rings is 1. The Morgan fingerprint density at radius 2 is 1.76 bits per heavy atom. The van der Waals surface area contributed by atoms with E-state index < -0.39 is 8.32 Å². The van der Waals surface area contributed by atoms with Gasteiger partial charge in [-0.15, -0.1) is 0 Å². The fourth-order valence-corrected chi connectivity index (χ4v) is 2.68. The minimum Gasteiger partial charge on any atom is -0.469 e. The second-order valence-electron chi connectivity index (χ2n) is 7.26. The predicted molar refractivity (Wildman–Crippen MR) is 101 cm³/mol. The molecule has 0 saturated carbocycles. The molecule has 1 N–H and O–H groups in total. The van der Waals surface area contributed by atoms with E-state index >= 15 is 0 Å². The molecule has 134 valence electrons. The van der Waals surface area contributed by atoms with E-state index in [1.165, 1.54) is 7.11 Å². The van der Waals surface area contributed by atoms with Gasteiger partial charge in [0.2, 0.25) is 0 Å². The number of hydrogen-bond donors (Lipinski definition) is 1. The lowest BCUT2D eigenvalue weighted by Crippen LogP contribution is -2.40. The van der Waals surface area contributed by atoms with Gasteiger partial charge in [0.1, 0.15) is 6.11 Å². The second-order valence-corrected chi connectivity index (χ2v) is 12.1. The van der Waals surface area contributed by atoms with Crippen LogP contribution in [0.25, 0.3) is 0 Å². The van der Waals surface area contributed by atoms with E-state index in [1.54, 1.807) is 12.1 Å². The van der Waals surface area contributed by atoms with Crippen molar-refractivity contribution in [1.29, 1.82) is 0 Å². The normalized spacial score (nSPS) is 11.0. The number of hydrogen-bond acceptors (Lipinski definition) is 4. The summed E-state index contributed by atoms with van der Waals surface area (Å²) in [6.45, 7) is 11.3. The van der Waals surface area contributed by atoms with E-state index in [2.05, 4.69) is 56.4 Å². The molecular weight excluding hydrogens is 332 g/mol. The predicted octanol–water partition coefficient (Wildman–Crippen LogP) is 3.46. The zero-order valence-electron chi connectivity index (χ0n) is 15.8. The highest BCUT2D eigenvalue weighted by Gasteiger charge is 2.36.